The molecule has 2 fully saturated rings. The number of aliphatic hydroxyl groups is 5. The zero-order chi connectivity index (χ0) is 19.2. The molecule has 11 nitrogen and oxygen atoms in total. The van der Waals surface area contributed by atoms with E-state index in [-0.39, 0.29) is 18.6 Å². The topological polar surface area (TPSA) is 174 Å². The van der Waals surface area contributed by atoms with E-state index in [1.807, 2.05) is 0 Å². The van der Waals surface area contributed by atoms with E-state index < -0.39 is 60.2 Å². The largest absolute Gasteiger partial charge is 0.394 e. The summed E-state index contributed by atoms with van der Waals surface area (Å²) in [5.74, 6) is 0. The van der Waals surface area contributed by atoms with Gasteiger partial charge >= 0.3 is 5.69 Å². The Morgan fingerprint density at radius 2 is 1.92 bits per heavy atom. The predicted octanol–water partition coefficient (Wildman–Crippen LogP) is -3.88. The summed E-state index contributed by atoms with van der Waals surface area (Å²) in [6, 6.07) is 0. The van der Waals surface area contributed by atoms with E-state index in [0.29, 0.717) is 0 Å². The molecule has 2 saturated heterocycles. The van der Waals surface area contributed by atoms with Crippen LogP contribution in [0.25, 0.3) is 0 Å². The summed E-state index contributed by atoms with van der Waals surface area (Å²) >= 11 is 0. The van der Waals surface area contributed by atoms with Crippen LogP contribution < -0.4 is 11.2 Å². The number of aliphatic hydroxyl groups excluding tert-OH is 5. The lowest BCUT2D eigenvalue weighted by Crippen LogP contribution is -2.64. The fraction of sp³-hybridized carbons (Fsp3) is 0.733. The van der Waals surface area contributed by atoms with Gasteiger partial charge in [-0.05, 0) is 6.92 Å². The van der Waals surface area contributed by atoms with Crippen LogP contribution in [0.3, 0.4) is 0 Å². The van der Waals surface area contributed by atoms with Gasteiger partial charge in [0.2, 0.25) is 0 Å². The Morgan fingerprint density at radius 3 is 2.54 bits per heavy atom. The van der Waals surface area contributed by atoms with Gasteiger partial charge in [0.1, 0.15) is 30.5 Å². The van der Waals surface area contributed by atoms with Gasteiger partial charge in [0, 0.05) is 18.2 Å². The van der Waals surface area contributed by atoms with Crippen molar-refractivity contribution < 1.29 is 35.0 Å². The second-order valence-corrected chi connectivity index (χ2v) is 6.70. The number of nitrogens with zero attached hydrogens (tertiary/aromatic N) is 1. The highest BCUT2D eigenvalue weighted by Gasteiger charge is 2.58. The Labute approximate surface area is 147 Å². The van der Waals surface area contributed by atoms with Crippen molar-refractivity contribution in [2.24, 2.45) is 0 Å². The molecule has 0 aromatic carbocycles. The molecule has 0 bridgehead atoms. The Balaban J connectivity index is 2.15. The molecule has 1 aromatic heterocycles. The summed E-state index contributed by atoms with van der Waals surface area (Å²) < 4.78 is 12.2. The van der Waals surface area contributed by atoms with Gasteiger partial charge in [-0.2, -0.15) is 0 Å². The molecule has 0 aliphatic carbocycles. The van der Waals surface area contributed by atoms with Gasteiger partial charge < -0.3 is 35.0 Å². The van der Waals surface area contributed by atoms with Crippen LogP contribution in [0, 0.1) is 6.92 Å². The van der Waals surface area contributed by atoms with Gasteiger partial charge in [0.05, 0.1) is 19.3 Å². The van der Waals surface area contributed by atoms with Crippen molar-refractivity contribution in [1.82, 2.24) is 9.55 Å². The Kier molecular flexibility index (Phi) is 5.05. The minimum atomic E-state index is -1.81. The number of hydrogen-bond donors (Lipinski definition) is 6. The van der Waals surface area contributed by atoms with Crippen LogP contribution in [0.15, 0.2) is 15.8 Å². The molecule has 0 spiro atoms. The number of aryl methyl sites for hydroxylation is 1. The van der Waals surface area contributed by atoms with Crippen molar-refractivity contribution in [3.05, 3.63) is 32.6 Å². The van der Waals surface area contributed by atoms with Crippen molar-refractivity contribution in [2.75, 3.05) is 13.2 Å². The van der Waals surface area contributed by atoms with Crippen LogP contribution in [0.5, 0.6) is 0 Å². The first-order valence-electron chi connectivity index (χ1n) is 8.17. The number of nitrogens with one attached hydrogen (secondary N) is 1. The van der Waals surface area contributed by atoms with Crippen molar-refractivity contribution in [3.63, 3.8) is 0 Å². The number of aromatic nitrogens is 2. The first-order chi connectivity index (χ1) is 12.2. The van der Waals surface area contributed by atoms with Gasteiger partial charge in [0.15, 0.2) is 5.72 Å². The lowest BCUT2D eigenvalue weighted by molar-refractivity contribution is -0.271. The molecule has 0 radical (unpaired) electrons. The monoisotopic (exact) mass is 374 g/mol. The zero-order valence-corrected chi connectivity index (χ0v) is 14.0. The summed E-state index contributed by atoms with van der Waals surface area (Å²) in [7, 11) is 0. The first-order valence-corrected chi connectivity index (χ1v) is 8.17. The second kappa shape index (κ2) is 6.85. The fourth-order valence-corrected chi connectivity index (χ4v) is 3.51. The molecule has 1 aromatic rings. The quantitative estimate of drug-likeness (QED) is 0.309. The molecule has 146 valence electrons. The van der Waals surface area contributed by atoms with E-state index in [4.69, 9.17) is 9.47 Å². The maximum atomic E-state index is 12.4. The Hall–Kier alpha value is -1.60. The number of H-pyrrole nitrogens is 1. The smallest absolute Gasteiger partial charge is 0.330 e. The number of rotatable bonds is 3. The van der Waals surface area contributed by atoms with Gasteiger partial charge in [-0.3, -0.25) is 14.3 Å². The molecule has 0 saturated carbocycles. The van der Waals surface area contributed by atoms with Crippen LogP contribution in [0.4, 0.5) is 0 Å². The third-order valence-corrected chi connectivity index (χ3v) is 4.94. The first kappa shape index (κ1) is 19.2. The van der Waals surface area contributed by atoms with E-state index in [1.165, 1.54) is 13.1 Å². The molecule has 6 N–H and O–H groups in total. The van der Waals surface area contributed by atoms with E-state index in [2.05, 4.69) is 4.98 Å². The van der Waals surface area contributed by atoms with Gasteiger partial charge in [-0.15, -0.1) is 0 Å². The molecule has 3 rings (SSSR count). The minimum Gasteiger partial charge on any atom is -0.394 e. The molecular formula is C15H22N2O9. The van der Waals surface area contributed by atoms with Crippen LogP contribution in [-0.4, -0.2) is 84.9 Å². The van der Waals surface area contributed by atoms with Crippen molar-refractivity contribution in [2.45, 2.75) is 55.7 Å². The van der Waals surface area contributed by atoms with Gasteiger partial charge in [0.25, 0.3) is 5.56 Å². The van der Waals surface area contributed by atoms with E-state index >= 15 is 0 Å². The average Bonchev–Trinajstić information content (AvgIpc) is 2.93. The SMILES string of the molecule is Cc1cn([C@@]2([C@@H]3OC[C@@H](O)[C@@H](O)[C@H]3O)C[C@H](O)[C@@H](CO)O2)c(=O)[nH]c1=O. The molecular weight excluding hydrogens is 352 g/mol. The summed E-state index contributed by atoms with van der Waals surface area (Å²) in [4.78, 5) is 26.2. The van der Waals surface area contributed by atoms with Crippen molar-refractivity contribution >= 4 is 0 Å². The molecule has 3 heterocycles. The Morgan fingerprint density at radius 1 is 1.23 bits per heavy atom. The van der Waals surface area contributed by atoms with Crippen LogP contribution in [0.1, 0.15) is 12.0 Å². The highest BCUT2D eigenvalue weighted by atomic mass is 16.6. The predicted molar refractivity (Wildman–Crippen MR) is 84.4 cm³/mol. The molecule has 0 amide bonds. The number of hydrogen-bond acceptors (Lipinski definition) is 9. The molecule has 26 heavy (non-hydrogen) atoms. The second-order valence-electron chi connectivity index (χ2n) is 6.70. The van der Waals surface area contributed by atoms with Crippen LogP contribution in [0.2, 0.25) is 0 Å². The van der Waals surface area contributed by atoms with Crippen molar-refractivity contribution in [1.29, 1.82) is 0 Å². The van der Waals surface area contributed by atoms with Crippen LogP contribution >= 0.6 is 0 Å². The van der Waals surface area contributed by atoms with Crippen LogP contribution in [-0.2, 0) is 15.2 Å². The Bertz CT molecular complexity index is 777. The third kappa shape index (κ3) is 2.91. The fourth-order valence-electron chi connectivity index (χ4n) is 3.51. The minimum absolute atomic E-state index is 0.167. The normalized spacial score (nSPS) is 40.7. The molecule has 2 aliphatic heterocycles. The van der Waals surface area contributed by atoms with Gasteiger partial charge in [-0.25, -0.2) is 4.79 Å². The third-order valence-electron chi connectivity index (χ3n) is 4.94. The van der Waals surface area contributed by atoms with Crippen molar-refractivity contribution in [3.8, 4) is 0 Å². The van der Waals surface area contributed by atoms with E-state index in [1.54, 1.807) is 0 Å². The molecule has 7 atom stereocenters. The molecule has 0 unspecified atom stereocenters. The standard InChI is InChI=1S/C15H22N2O9/c1-6-3-17(14(24)16-13(6)23)15(2-7(19)9(4-18)26-15)12-11(22)10(21)8(20)5-25-12/h3,7-12,18-22H,2,4-5H2,1H3,(H,16,23,24)/t7-,8+,9+,10+,11+,12+,15-/m0/s1. The lowest BCUT2D eigenvalue weighted by atomic mass is 9.89. The molecule has 11 heteroatoms. The highest BCUT2D eigenvalue weighted by Crippen LogP contribution is 2.41. The van der Waals surface area contributed by atoms with E-state index in [0.717, 1.165) is 4.57 Å². The number of aromatic amines is 1. The summed E-state index contributed by atoms with van der Waals surface area (Å²) in [6.07, 6.45) is -7.24. The summed E-state index contributed by atoms with van der Waals surface area (Å²) in [5.41, 5.74) is -3.12. The number of ether oxygens (including phenoxy) is 2. The molecule has 2 aliphatic rings. The highest BCUT2D eigenvalue weighted by molar-refractivity contribution is 5.08. The maximum absolute atomic E-state index is 12.4. The van der Waals surface area contributed by atoms with Gasteiger partial charge in [-0.1, -0.05) is 0 Å². The summed E-state index contributed by atoms with van der Waals surface area (Å²) in [5, 5.41) is 49.7. The lowest BCUT2D eigenvalue weighted by Gasteiger charge is -2.45. The summed E-state index contributed by atoms with van der Waals surface area (Å²) in [6.45, 7) is 0.549. The van der Waals surface area contributed by atoms with E-state index in [9.17, 15) is 35.1 Å². The maximum Gasteiger partial charge on any atom is 0.330 e. The average molecular weight is 374 g/mol. The zero-order valence-electron chi connectivity index (χ0n) is 14.0.